The summed E-state index contributed by atoms with van der Waals surface area (Å²) >= 11 is 0. The van der Waals surface area contributed by atoms with Gasteiger partial charge in [0, 0.05) is 6.04 Å². The Kier molecular flexibility index (Phi) is 3.88. The van der Waals surface area contributed by atoms with Crippen LogP contribution in [0.5, 0.6) is 0 Å². The molecule has 1 fully saturated rings. The summed E-state index contributed by atoms with van der Waals surface area (Å²) in [6, 6.07) is 1.58. The van der Waals surface area contributed by atoms with E-state index in [2.05, 4.69) is 4.72 Å². The van der Waals surface area contributed by atoms with Gasteiger partial charge in [0.25, 0.3) is 0 Å². The number of rotatable bonds is 4. The van der Waals surface area contributed by atoms with E-state index in [1.807, 2.05) is 6.07 Å². The second-order valence-electron chi connectivity index (χ2n) is 3.92. The van der Waals surface area contributed by atoms with Gasteiger partial charge in [-0.15, -0.1) is 0 Å². The molecule has 7 heteroatoms. The zero-order valence-electron chi connectivity index (χ0n) is 8.88. The van der Waals surface area contributed by atoms with Crippen LogP contribution in [0.3, 0.4) is 0 Å². The third kappa shape index (κ3) is 2.71. The first kappa shape index (κ1) is 12.9. The number of nitrogens with one attached hydrogen (secondary N) is 1. The maximum Gasteiger partial charge on any atom is 0.323 e. The van der Waals surface area contributed by atoms with E-state index in [-0.39, 0.29) is 5.92 Å². The molecule has 0 aromatic rings. The molecule has 16 heavy (non-hydrogen) atoms. The maximum atomic E-state index is 11.6. The van der Waals surface area contributed by atoms with Crippen molar-refractivity contribution in [3.05, 3.63) is 0 Å². The molecule has 0 bridgehead atoms. The van der Waals surface area contributed by atoms with Crippen molar-refractivity contribution in [1.29, 1.82) is 5.26 Å². The molecule has 1 aliphatic carbocycles. The lowest BCUT2D eigenvalue weighted by atomic mass is 10.1. The van der Waals surface area contributed by atoms with Crippen LogP contribution in [0, 0.1) is 17.2 Å². The Morgan fingerprint density at radius 3 is 2.69 bits per heavy atom. The van der Waals surface area contributed by atoms with Crippen molar-refractivity contribution in [1.82, 2.24) is 4.72 Å². The number of carboxylic acid groups (broad SMARTS) is 1. The molecule has 0 aromatic carbocycles. The van der Waals surface area contributed by atoms with E-state index in [0.717, 1.165) is 13.3 Å². The van der Waals surface area contributed by atoms with Gasteiger partial charge in [-0.2, -0.15) is 5.26 Å². The molecule has 0 heterocycles. The molecule has 1 saturated carbocycles. The standard InChI is InChI=1S/C9H14N2O4S/c1-6(9(12)13)16(14,15)11-8-4-2-3-7(8)5-10/h6-8,11H,2-4H2,1H3,(H,12,13). The monoisotopic (exact) mass is 246 g/mol. The van der Waals surface area contributed by atoms with Crippen LogP contribution in [0.4, 0.5) is 0 Å². The molecule has 1 rings (SSSR count). The molecule has 0 amide bonds. The molecule has 90 valence electrons. The molecular weight excluding hydrogens is 232 g/mol. The van der Waals surface area contributed by atoms with Gasteiger partial charge in [0.2, 0.25) is 10.0 Å². The van der Waals surface area contributed by atoms with Crippen molar-refractivity contribution in [2.45, 2.75) is 37.5 Å². The maximum absolute atomic E-state index is 11.6. The van der Waals surface area contributed by atoms with Crippen LogP contribution >= 0.6 is 0 Å². The van der Waals surface area contributed by atoms with Crippen molar-refractivity contribution in [3.8, 4) is 6.07 Å². The van der Waals surface area contributed by atoms with Crippen LogP contribution in [0.2, 0.25) is 0 Å². The number of carbonyl (C=O) groups is 1. The molecule has 2 N–H and O–H groups in total. The zero-order chi connectivity index (χ0) is 12.3. The fourth-order valence-electron chi connectivity index (χ4n) is 1.70. The molecule has 1 aliphatic rings. The van der Waals surface area contributed by atoms with Crippen LogP contribution in [0.15, 0.2) is 0 Å². The largest absolute Gasteiger partial charge is 0.480 e. The first-order valence-electron chi connectivity index (χ1n) is 5.02. The quantitative estimate of drug-likeness (QED) is 0.730. The summed E-state index contributed by atoms with van der Waals surface area (Å²) in [6.07, 6.45) is 2.03. The van der Waals surface area contributed by atoms with E-state index in [9.17, 15) is 13.2 Å². The third-order valence-corrected chi connectivity index (χ3v) is 4.57. The summed E-state index contributed by atoms with van der Waals surface area (Å²) in [5, 5.41) is 15.9. The summed E-state index contributed by atoms with van der Waals surface area (Å²) < 4.78 is 25.5. The SMILES string of the molecule is CC(C(=O)O)S(=O)(=O)NC1CCCC1C#N. The first-order valence-corrected chi connectivity index (χ1v) is 6.56. The van der Waals surface area contributed by atoms with E-state index in [1.165, 1.54) is 0 Å². The summed E-state index contributed by atoms with van der Waals surface area (Å²) in [6.45, 7) is 1.11. The van der Waals surface area contributed by atoms with Crippen LogP contribution < -0.4 is 4.72 Å². The number of nitriles is 1. The predicted molar refractivity (Wildman–Crippen MR) is 55.9 cm³/mol. The summed E-state index contributed by atoms with van der Waals surface area (Å²) in [7, 11) is -3.89. The van der Waals surface area contributed by atoms with Crippen molar-refractivity contribution < 1.29 is 18.3 Å². The smallest absolute Gasteiger partial charge is 0.323 e. The highest BCUT2D eigenvalue weighted by atomic mass is 32.2. The molecule has 0 aliphatic heterocycles. The molecule has 0 spiro atoms. The Hall–Kier alpha value is -1.13. The van der Waals surface area contributed by atoms with E-state index in [4.69, 9.17) is 10.4 Å². The highest BCUT2D eigenvalue weighted by Crippen LogP contribution is 2.25. The van der Waals surface area contributed by atoms with E-state index in [0.29, 0.717) is 12.8 Å². The Labute approximate surface area is 94.3 Å². The lowest BCUT2D eigenvalue weighted by Gasteiger charge is -2.17. The Morgan fingerprint density at radius 2 is 2.19 bits per heavy atom. The number of hydrogen-bond donors (Lipinski definition) is 2. The van der Waals surface area contributed by atoms with Gasteiger partial charge in [0.05, 0.1) is 12.0 Å². The highest BCUT2D eigenvalue weighted by Gasteiger charge is 2.35. The van der Waals surface area contributed by atoms with Crippen molar-refractivity contribution in [3.63, 3.8) is 0 Å². The van der Waals surface area contributed by atoms with Gasteiger partial charge >= 0.3 is 5.97 Å². The van der Waals surface area contributed by atoms with Crippen LogP contribution in [-0.4, -0.2) is 30.8 Å². The number of sulfonamides is 1. The second kappa shape index (κ2) is 4.80. The highest BCUT2D eigenvalue weighted by molar-refractivity contribution is 7.90. The lowest BCUT2D eigenvalue weighted by molar-refractivity contribution is -0.136. The molecular formula is C9H14N2O4S. The van der Waals surface area contributed by atoms with Crippen LogP contribution in [-0.2, 0) is 14.8 Å². The van der Waals surface area contributed by atoms with Gasteiger partial charge in [0.15, 0.2) is 5.25 Å². The van der Waals surface area contributed by atoms with Crippen molar-refractivity contribution in [2.75, 3.05) is 0 Å². The molecule has 0 radical (unpaired) electrons. The summed E-state index contributed by atoms with van der Waals surface area (Å²) in [4.78, 5) is 10.6. The minimum Gasteiger partial charge on any atom is -0.480 e. The molecule has 6 nitrogen and oxygen atoms in total. The van der Waals surface area contributed by atoms with Gasteiger partial charge in [-0.05, 0) is 19.8 Å². The van der Waals surface area contributed by atoms with Crippen molar-refractivity contribution >= 4 is 16.0 Å². The number of aliphatic carboxylic acids is 1. The molecule has 0 saturated heterocycles. The van der Waals surface area contributed by atoms with Gasteiger partial charge in [-0.1, -0.05) is 6.42 Å². The predicted octanol–water partition coefficient (Wildman–Crippen LogP) is 0.0712. The number of carboxylic acids is 1. The minimum atomic E-state index is -3.89. The average molecular weight is 246 g/mol. The number of nitrogens with zero attached hydrogens (tertiary/aromatic N) is 1. The Bertz CT molecular complexity index is 412. The fourth-order valence-corrected chi connectivity index (χ4v) is 2.88. The average Bonchev–Trinajstić information content (AvgIpc) is 2.63. The van der Waals surface area contributed by atoms with E-state index < -0.39 is 27.3 Å². The molecule has 3 atom stereocenters. The van der Waals surface area contributed by atoms with Gasteiger partial charge in [-0.25, -0.2) is 13.1 Å². The van der Waals surface area contributed by atoms with Crippen LogP contribution in [0.1, 0.15) is 26.2 Å². The van der Waals surface area contributed by atoms with E-state index >= 15 is 0 Å². The number of hydrogen-bond acceptors (Lipinski definition) is 4. The fraction of sp³-hybridized carbons (Fsp3) is 0.778. The molecule has 0 aromatic heterocycles. The second-order valence-corrected chi connectivity index (χ2v) is 5.95. The van der Waals surface area contributed by atoms with Gasteiger partial charge in [-0.3, -0.25) is 4.79 Å². The van der Waals surface area contributed by atoms with Crippen LogP contribution in [0.25, 0.3) is 0 Å². The normalized spacial score (nSPS) is 27.2. The van der Waals surface area contributed by atoms with Crippen molar-refractivity contribution in [2.24, 2.45) is 5.92 Å². The zero-order valence-corrected chi connectivity index (χ0v) is 9.70. The minimum absolute atomic E-state index is 0.351. The first-order chi connectivity index (χ1) is 7.38. The van der Waals surface area contributed by atoms with Gasteiger partial charge in [0.1, 0.15) is 0 Å². The Morgan fingerprint density at radius 1 is 1.56 bits per heavy atom. The summed E-state index contributed by atoms with van der Waals surface area (Å²) in [5.41, 5.74) is 0. The topological polar surface area (TPSA) is 107 Å². The third-order valence-electron chi connectivity index (χ3n) is 2.81. The van der Waals surface area contributed by atoms with Gasteiger partial charge < -0.3 is 5.11 Å². The summed E-state index contributed by atoms with van der Waals surface area (Å²) in [5.74, 6) is -1.74. The van der Waals surface area contributed by atoms with E-state index in [1.54, 1.807) is 0 Å². The molecule has 3 unspecified atom stereocenters. The Balaban J connectivity index is 2.74. The lowest BCUT2D eigenvalue weighted by Crippen LogP contribution is -2.44.